The first-order valence-corrected chi connectivity index (χ1v) is 9.71. The van der Waals surface area contributed by atoms with Crippen LogP contribution in [0.15, 0.2) is 17.2 Å². The number of rotatable bonds is 5. The molecule has 0 N–H and O–H groups in total. The van der Waals surface area contributed by atoms with Crippen LogP contribution < -0.4 is 0 Å². The third-order valence-corrected chi connectivity index (χ3v) is 6.77. The molecule has 2 aliphatic rings. The Hall–Kier alpha value is -0.520. The average Bonchev–Trinajstić information content (AvgIpc) is 3.01. The molecule has 4 nitrogen and oxygen atoms in total. The molecule has 1 aromatic rings. The van der Waals surface area contributed by atoms with Gasteiger partial charge in [-0.1, -0.05) is 13.8 Å². The molecule has 2 fully saturated rings. The molecule has 0 amide bonds. The molecular formula is C15H23ClN2O2S. The van der Waals surface area contributed by atoms with Crippen molar-refractivity contribution in [3.05, 3.63) is 18.0 Å². The van der Waals surface area contributed by atoms with Crippen LogP contribution >= 0.6 is 11.6 Å². The van der Waals surface area contributed by atoms with Gasteiger partial charge in [0.1, 0.15) is 4.90 Å². The van der Waals surface area contributed by atoms with Gasteiger partial charge in [-0.2, -0.15) is 4.31 Å². The summed E-state index contributed by atoms with van der Waals surface area (Å²) in [5.41, 5.74) is 0.915. The van der Waals surface area contributed by atoms with Crippen molar-refractivity contribution in [2.45, 2.75) is 62.4 Å². The molecular weight excluding hydrogens is 308 g/mol. The standard InChI is InChI=1S/C15H23ClN2O2S/c1-11(2)15-4-3-7-18(15)21(19,20)14-8-13(9-16)17(10-14)12-5-6-12/h8,10-12,15H,3-7,9H2,1-2H3. The molecule has 1 saturated carbocycles. The Morgan fingerprint density at radius 3 is 2.62 bits per heavy atom. The monoisotopic (exact) mass is 330 g/mol. The highest BCUT2D eigenvalue weighted by atomic mass is 35.5. The zero-order valence-electron chi connectivity index (χ0n) is 12.6. The number of hydrogen-bond donors (Lipinski definition) is 0. The zero-order chi connectivity index (χ0) is 15.2. The van der Waals surface area contributed by atoms with Gasteiger partial charge >= 0.3 is 0 Å². The van der Waals surface area contributed by atoms with E-state index in [1.165, 1.54) is 0 Å². The van der Waals surface area contributed by atoms with E-state index in [0.717, 1.165) is 31.4 Å². The second-order valence-electron chi connectivity index (χ2n) is 6.51. The Morgan fingerprint density at radius 1 is 1.33 bits per heavy atom. The van der Waals surface area contributed by atoms with Gasteiger partial charge in [-0.15, -0.1) is 11.6 Å². The number of alkyl halides is 1. The quantitative estimate of drug-likeness (QED) is 0.777. The first-order valence-electron chi connectivity index (χ1n) is 7.73. The molecule has 0 spiro atoms. The van der Waals surface area contributed by atoms with E-state index in [2.05, 4.69) is 18.4 Å². The summed E-state index contributed by atoms with van der Waals surface area (Å²) >= 11 is 5.98. The van der Waals surface area contributed by atoms with E-state index in [1.807, 2.05) is 0 Å². The molecule has 0 radical (unpaired) electrons. The molecule has 2 heterocycles. The van der Waals surface area contributed by atoms with E-state index in [4.69, 9.17) is 11.6 Å². The molecule has 1 saturated heterocycles. The van der Waals surface area contributed by atoms with Crippen molar-refractivity contribution >= 4 is 21.6 Å². The maximum absolute atomic E-state index is 12.9. The zero-order valence-corrected chi connectivity index (χ0v) is 14.2. The first kappa shape index (κ1) is 15.4. The van der Waals surface area contributed by atoms with Crippen molar-refractivity contribution in [1.82, 2.24) is 8.87 Å². The fourth-order valence-corrected chi connectivity index (χ4v) is 5.40. The van der Waals surface area contributed by atoms with Crippen LogP contribution in [0.1, 0.15) is 51.3 Å². The highest BCUT2D eigenvalue weighted by Gasteiger charge is 2.38. The summed E-state index contributed by atoms with van der Waals surface area (Å²) in [7, 11) is -3.40. The predicted octanol–water partition coefficient (Wildman–Crippen LogP) is 3.37. The van der Waals surface area contributed by atoms with E-state index in [0.29, 0.717) is 29.3 Å². The highest BCUT2D eigenvalue weighted by molar-refractivity contribution is 7.89. The van der Waals surface area contributed by atoms with Crippen LogP contribution in [0.4, 0.5) is 0 Å². The number of hydrogen-bond acceptors (Lipinski definition) is 2. The number of nitrogens with zero attached hydrogens (tertiary/aromatic N) is 2. The van der Waals surface area contributed by atoms with Crippen LogP contribution in [0.3, 0.4) is 0 Å². The van der Waals surface area contributed by atoms with Crippen molar-refractivity contribution in [3.8, 4) is 0 Å². The van der Waals surface area contributed by atoms with Gasteiger partial charge in [0.2, 0.25) is 10.0 Å². The van der Waals surface area contributed by atoms with Crippen LogP contribution in [0, 0.1) is 5.92 Å². The van der Waals surface area contributed by atoms with Crippen molar-refractivity contribution in [2.75, 3.05) is 6.54 Å². The molecule has 21 heavy (non-hydrogen) atoms. The molecule has 0 bridgehead atoms. The molecule has 1 atom stereocenters. The van der Waals surface area contributed by atoms with Gasteiger partial charge in [0.15, 0.2) is 0 Å². The van der Waals surface area contributed by atoms with Crippen molar-refractivity contribution in [3.63, 3.8) is 0 Å². The predicted molar refractivity (Wildman–Crippen MR) is 84.0 cm³/mol. The van der Waals surface area contributed by atoms with Crippen LogP contribution in [0.5, 0.6) is 0 Å². The smallest absolute Gasteiger partial charge is 0.244 e. The van der Waals surface area contributed by atoms with Gasteiger partial charge < -0.3 is 4.57 Å². The lowest BCUT2D eigenvalue weighted by atomic mass is 10.0. The summed E-state index contributed by atoms with van der Waals surface area (Å²) < 4.78 is 29.6. The van der Waals surface area contributed by atoms with Gasteiger partial charge in [0.25, 0.3) is 0 Å². The largest absolute Gasteiger partial charge is 0.346 e. The molecule has 0 aromatic carbocycles. The summed E-state index contributed by atoms with van der Waals surface area (Å²) in [6.45, 7) is 4.83. The maximum Gasteiger partial charge on any atom is 0.244 e. The highest BCUT2D eigenvalue weighted by Crippen LogP contribution is 2.39. The topological polar surface area (TPSA) is 42.3 Å². The lowest BCUT2D eigenvalue weighted by molar-refractivity contribution is 0.315. The normalized spacial score (nSPS) is 24.1. The lowest BCUT2D eigenvalue weighted by Gasteiger charge is -2.26. The second kappa shape index (κ2) is 5.60. The second-order valence-corrected chi connectivity index (χ2v) is 8.67. The maximum atomic E-state index is 12.9. The van der Waals surface area contributed by atoms with Gasteiger partial charge in [0.05, 0.1) is 5.88 Å². The first-order chi connectivity index (χ1) is 9.95. The third kappa shape index (κ3) is 2.76. The van der Waals surface area contributed by atoms with E-state index < -0.39 is 10.0 Å². The molecule has 3 rings (SSSR count). The van der Waals surface area contributed by atoms with Crippen LogP contribution in [-0.2, 0) is 15.9 Å². The Balaban J connectivity index is 1.94. The van der Waals surface area contributed by atoms with E-state index >= 15 is 0 Å². The van der Waals surface area contributed by atoms with Crippen LogP contribution in [0.25, 0.3) is 0 Å². The number of sulfonamides is 1. The Kier molecular flexibility index (Phi) is 4.10. The van der Waals surface area contributed by atoms with E-state index in [9.17, 15) is 8.42 Å². The van der Waals surface area contributed by atoms with Gasteiger partial charge in [0, 0.05) is 30.5 Å². The Morgan fingerprint density at radius 2 is 2.05 bits per heavy atom. The molecule has 1 unspecified atom stereocenters. The third-order valence-electron chi connectivity index (χ3n) is 4.61. The minimum Gasteiger partial charge on any atom is -0.346 e. The van der Waals surface area contributed by atoms with E-state index in [-0.39, 0.29) is 6.04 Å². The van der Waals surface area contributed by atoms with Gasteiger partial charge in [-0.25, -0.2) is 8.42 Å². The van der Waals surface area contributed by atoms with Crippen molar-refractivity contribution in [2.24, 2.45) is 5.92 Å². The average molecular weight is 331 g/mol. The minimum absolute atomic E-state index is 0.124. The fourth-order valence-electron chi connectivity index (χ4n) is 3.30. The van der Waals surface area contributed by atoms with Gasteiger partial charge in [-0.3, -0.25) is 0 Å². The molecule has 6 heteroatoms. The van der Waals surface area contributed by atoms with Crippen LogP contribution in [-0.4, -0.2) is 29.9 Å². The Bertz CT molecular complexity index is 620. The Labute approximate surface area is 132 Å². The minimum atomic E-state index is -3.40. The molecule has 1 aliphatic heterocycles. The fraction of sp³-hybridized carbons (Fsp3) is 0.733. The number of halogens is 1. The molecule has 118 valence electrons. The summed E-state index contributed by atoms with van der Waals surface area (Å²) in [5, 5.41) is 0. The van der Waals surface area contributed by atoms with Crippen molar-refractivity contribution < 1.29 is 8.42 Å². The summed E-state index contributed by atoms with van der Waals surface area (Å²) in [5.74, 6) is 0.708. The molecule has 1 aliphatic carbocycles. The molecule has 1 aromatic heterocycles. The van der Waals surface area contributed by atoms with Gasteiger partial charge in [-0.05, 0) is 37.7 Å². The SMILES string of the molecule is CC(C)C1CCCN1S(=O)(=O)c1cc(CCl)n(C2CC2)c1. The van der Waals surface area contributed by atoms with Crippen LogP contribution in [0.2, 0.25) is 0 Å². The lowest BCUT2D eigenvalue weighted by Crippen LogP contribution is -2.38. The number of aromatic nitrogens is 1. The van der Waals surface area contributed by atoms with E-state index in [1.54, 1.807) is 16.6 Å². The van der Waals surface area contributed by atoms with Crippen molar-refractivity contribution in [1.29, 1.82) is 0 Å². The summed E-state index contributed by atoms with van der Waals surface area (Å²) in [6, 6.07) is 2.33. The summed E-state index contributed by atoms with van der Waals surface area (Å²) in [4.78, 5) is 0.414. The summed E-state index contributed by atoms with van der Waals surface area (Å²) in [6.07, 6.45) is 5.95.